The van der Waals surface area contributed by atoms with Gasteiger partial charge in [0.05, 0.1) is 25.4 Å². The molecule has 7 heteroatoms. The van der Waals surface area contributed by atoms with Gasteiger partial charge in [0.2, 0.25) is 0 Å². The van der Waals surface area contributed by atoms with E-state index in [4.69, 9.17) is 14.7 Å². The number of carbonyl (C=O) groups is 2. The van der Waals surface area contributed by atoms with Crippen molar-refractivity contribution in [1.29, 1.82) is 5.26 Å². The van der Waals surface area contributed by atoms with E-state index in [2.05, 4.69) is 0 Å². The first-order chi connectivity index (χ1) is 11.0. The summed E-state index contributed by atoms with van der Waals surface area (Å²) >= 11 is 1.33. The molecule has 1 atom stereocenters. The molecule has 0 heterocycles. The topological polar surface area (TPSA) is 79.6 Å². The van der Waals surface area contributed by atoms with Crippen molar-refractivity contribution in [2.75, 3.05) is 26.5 Å². The quantitative estimate of drug-likeness (QED) is 0.534. The van der Waals surface area contributed by atoms with Gasteiger partial charge in [-0.25, -0.2) is 0 Å². The van der Waals surface area contributed by atoms with Crippen LogP contribution in [-0.2, 0) is 14.3 Å². The minimum Gasteiger partial charge on any atom is -0.497 e. The molecule has 1 aromatic carbocycles. The number of methoxy groups -OCH3 is 1. The fourth-order valence-corrected chi connectivity index (χ4v) is 2.42. The zero-order valence-corrected chi connectivity index (χ0v) is 14.3. The number of carbonyl (C=O) groups excluding carboxylic acids is 2. The first-order valence-electron chi connectivity index (χ1n) is 7.06. The SMILES string of the molecule is COc1ccc(SCC(=O)O[C@H](C)C(=O)N(C)CCC#N)cc1. The Hall–Kier alpha value is -2.20. The molecule has 0 bridgehead atoms. The van der Waals surface area contributed by atoms with Gasteiger partial charge >= 0.3 is 5.97 Å². The van der Waals surface area contributed by atoms with Crippen LogP contribution in [0, 0.1) is 11.3 Å². The molecule has 0 saturated carbocycles. The Kier molecular flexibility index (Phi) is 7.98. The highest BCUT2D eigenvalue weighted by atomic mass is 32.2. The van der Waals surface area contributed by atoms with Crippen LogP contribution in [0.1, 0.15) is 13.3 Å². The summed E-state index contributed by atoms with van der Waals surface area (Å²) in [5.74, 6) is 0.0891. The monoisotopic (exact) mass is 336 g/mol. The summed E-state index contributed by atoms with van der Waals surface area (Å²) < 4.78 is 10.2. The van der Waals surface area contributed by atoms with Gasteiger partial charge in [-0.2, -0.15) is 5.26 Å². The van der Waals surface area contributed by atoms with Crippen molar-refractivity contribution in [2.24, 2.45) is 0 Å². The molecule has 0 spiro atoms. The van der Waals surface area contributed by atoms with Gasteiger partial charge in [-0.15, -0.1) is 11.8 Å². The first kappa shape index (κ1) is 18.8. The lowest BCUT2D eigenvalue weighted by molar-refractivity contribution is -0.156. The third-order valence-electron chi connectivity index (χ3n) is 3.01. The molecule has 1 aromatic rings. The fourth-order valence-electron chi connectivity index (χ4n) is 1.73. The first-order valence-corrected chi connectivity index (χ1v) is 8.04. The van der Waals surface area contributed by atoms with Gasteiger partial charge in [-0.1, -0.05) is 0 Å². The lowest BCUT2D eigenvalue weighted by Crippen LogP contribution is -2.38. The Bertz CT molecular complexity index is 568. The Balaban J connectivity index is 2.40. The number of rotatable bonds is 8. The Morgan fingerprint density at radius 1 is 1.35 bits per heavy atom. The second-order valence-corrected chi connectivity index (χ2v) is 5.81. The van der Waals surface area contributed by atoms with Gasteiger partial charge in [0.15, 0.2) is 6.10 Å². The lowest BCUT2D eigenvalue weighted by Gasteiger charge is -2.20. The number of nitrogens with zero attached hydrogens (tertiary/aromatic N) is 2. The van der Waals surface area contributed by atoms with Gasteiger partial charge in [0.1, 0.15) is 5.75 Å². The van der Waals surface area contributed by atoms with Crippen molar-refractivity contribution in [3.05, 3.63) is 24.3 Å². The van der Waals surface area contributed by atoms with Crippen molar-refractivity contribution in [3.63, 3.8) is 0 Å². The molecule has 0 radical (unpaired) electrons. The predicted molar refractivity (Wildman–Crippen MR) is 87.1 cm³/mol. The zero-order chi connectivity index (χ0) is 17.2. The van der Waals surface area contributed by atoms with Crippen molar-refractivity contribution in [1.82, 2.24) is 4.90 Å². The third kappa shape index (κ3) is 6.61. The number of likely N-dealkylation sites (N-methyl/N-ethyl adjacent to an activating group) is 1. The van der Waals surface area contributed by atoms with E-state index in [0.717, 1.165) is 10.6 Å². The average Bonchev–Trinajstić information content (AvgIpc) is 2.57. The maximum Gasteiger partial charge on any atom is 0.317 e. The van der Waals surface area contributed by atoms with E-state index in [0.29, 0.717) is 6.54 Å². The molecular formula is C16H20N2O4S. The average molecular weight is 336 g/mol. The van der Waals surface area contributed by atoms with Gasteiger partial charge < -0.3 is 14.4 Å². The lowest BCUT2D eigenvalue weighted by atomic mass is 10.3. The largest absolute Gasteiger partial charge is 0.497 e. The molecule has 0 fully saturated rings. The summed E-state index contributed by atoms with van der Waals surface area (Å²) in [6.07, 6.45) is -0.612. The number of benzene rings is 1. The molecule has 124 valence electrons. The normalized spacial score (nSPS) is 11.2. The number of hydrogen-bond acceptors (Lipinski definition) is 6. The van der Waals surface area contributed by atoms with Crippen molar-refractivity contribution < 1.29 is 19.1 Å². The summed E-state index contributed by atoms with van der Waals surface area (Å²) in [5.41, 5.74) is 0. The molecule has 1 rings (SSSR count). The summed E-state index contributed by atoms with van der Waals surface area (Å²) in [4.78, 5) is 26.0. The second kappa shape index (κ2) is 9.74. The minimum atomic E-state index is -0.859. The predicted octanol–water partition coefficient (Wildman–Crippen LogP) is 2.09. The van der Waals surface area contributed by atoms with Crippen molar-refractivity contribution >= 4 is 23.6 Å². The standard InChI is InChI=1S/C16H20N2O4S/c1-12(16(20)18(2)10-4-9-17)22-15(19)11-23-14-7-5-13(21-3)6-8-14/h5-8,12H,4,10-11H2,1-3H3/t12-/m1/s1. The molecule has 0 N–H and O–H groups in total. The molecule has 0 aliphatic heterocycles. The van der Waals surface area contributed by atoms with Gasteiger partial charge in [-0.3, -0.25) is 9.59 Å². The van der Waals surface area contributed by atoms with E-state index in [9.17, 15) is 9.59 Å². The van der Waals surface area contributed by atoms with Crippen LogP contribution >= 0.6 is 11.8 Å². The number of hydrogen-bond donors (Lipinski definition) is 0. The molecule has 0 unspecified atom stereocenters. The summed E-state index contributed by atoms with van der Waals surface area (Å²) in [6, 6.07) is 9.28. The maximum absolute atomic E-state index is 11.9. The second-order valence-electron chi connectivity index (χ2n) is 4.76. The third-order valence-corrected chi connectivity index (χ3v) is 3.99. The van der Waals surface area contributed by atoms with Crippen LogP contribution in [0.3, 0.4) is 0 Å². The Morgan fingerprint density at radius 2 is 2.00 bits per heavy atom. The maximum atomic E-state index is 11.9. The van der Waals surface area contributed by atoms with Crippen LogP contribution in [-0.4, -0.2) is 49.3 Å². The van der Waals surface area contributed by atoms with Gasteiger partial charge in [0.25, 0.3) is 5.91 Å². The molecule has 0 aromatic heterocycles. The fraction of sp³-hybridized carbons (Fsp3) is 0.438. The highest BCUT2D eigenvalue weighted by Crippen LogP contribution is 2.21. The van der Waals surface area contributed by atoms with Crippen LogP contribution in [0.4, 0.5) is 0 Å². The smallest absolute Gasteiger partial charge is 0.317 e. The Labute approximate surface area is 140 Å². The molecule has 1 amide bonds. The number of nitriles is 1. The van der Waals surface area contributed by atoms with E-state index < -0.39 is 12.1 Å². The number of amides is 1. The van der Waals surface area contributed by atoms with Crippen LogP contribution in [0.15, 0.2) is 29.2 Å². The molecule has 0 aliphatic rings. The van der Waals surface area contributed by atoms with Crippen LogP contribution < -0.4 is 4.74 Å². The van der Waals surface area contributed by atoms with Crippen LogP contribution in [0.25, 0.3) is 0 Å². The molecule has 0 saturated heterocycles. The van der Waals surface area contributed by atoms with Gasteiger partial charge in [0, 0.05) is 18.5 Å². The Morgan fingerprint density at radius 3 is 2.57 bits per heavy atom. The molecular weight excluding hydrogens is 316 g/mol. The highest BCUT2D eigenvalue weighted by molar-refractivity contribution is 8.00. The molecule has 6 nitrogen and oxygen atoms in total. The number of esters is 1. The van der Waals surface area contributed by atoms with Crippen molar-refractivity contribution in [3.8, 4) is 11.8 Å². The van der Waals surface area contributed by atoms with Crippen molar-refractivity contribution in [2.45, 2.75) is 24.3 Å². The van der Waals surface area contributed by atoms with E-state index in [-0.39, 0.29) is 18.1 Å². The number of thioether (sulfide) groups is 1. The van der Waals surface area contributed by atoms with E-state index in [1.54, 1.807) is 14.2 Å². The van der Waals surface area contributed by atoms with Crippen LogP contribution in [0.5, 0.6) is 5.75 Å². The minimum absolute atomic E-state index is 0.117. The summed E-state index contributed by atoms with van der Waals surface area (Å²) in [7, 11) is 3.17. The van der Waals surface area contributed by atoms with E-state index in [1.807, 2.05) is 30.3 Å². The van der Waals surface area contributed by atoms with E-state index in [1.165, 1.54) is 23.6 Å². The van der Waals surface area contributed by atoms with Crippen LogP contribution in [0.2, 0.25) is 0 Å². The zero-order valence-electron chi connectivity index (χ0n) is 13.4. The number of ether oxygens (including phenoxy) is 2. The summed E-state index contributed by atoms with van der Waals surface area (Å²) in [6.45, 7) is 1.85. The summed E-state index contributed by atoms with van der Waals surface area (Å²) in [5, 5.41) is 8.51. The van der Waals surface area contributed by atoms with Gasteiger partial charge in [-0.05, 0) is 31.2 Å². The highest BCUT2D eigenvalue weighted by Gasteiger charge is 2.21. The van der Waals surface area contributed by atoms with E-state index >= 15 is 0 Å². The molecule has 23 heavy (non-hydrogen) atoms. The molecule has 0 aliphatic carbocycles.